The van der Waals surface area contributed by atoms with Gasteiger partial charge in [-0.3, -0.25) is 4.79 Å². The quantitative estimate of drug-likeness (QED) is 0.746. The Labute approximate surface area is 98.8 Å². The van der Waals surface area contributed by atoms with Crippen LogP contribution in [0.3, 0.4) is 0 Å². The van der Waals surface area contributed by atoms with Crippen molar-refractivity contribution >= 4 is 18.0 Å². The molecule has 1 unspecified atom stereocenters. The first-order valence-electron chi connectivity index (χ1n) is 5.28. The van der Waals surface area contributed by atoms with E-state index in [1.54, 1.807) is 30.3 Å². The predicted molar refractivity (Wildman–Crippen MR) is 61.3 cm³/mol. The van der Waals surface area contributed by atoms with E-state index in [9.17, 15) is 9.59 Å². The molecule has 1 atom stereocenters. The molecule has 2 rings (SSSR count). The first-order chi connectivity index (χ1) is 8.19. The maximum atomic E-state index is 11.7. The molecule has 0 spiro atoms. The third-order valence-electron chi connectivity index (χ3n) is 2.48. The van der Waals surface area contributed by atoms with Crippen LogP contribution in [0.4, 0.5) is 0 Å². The summed E-state index contributed by atoms with van der Waals surface area (Å²) in [6, 6.07) is 6.88. The summed E-state index contributed by atoms with van der Waals surface area (Å²) < 4.78 is 9.84. The average molecular weight is 232 g/mol. The Morgan fingerprint density at radius 1 is 1.41 bits per heavy atom. The molecule has 0 radical (unpaired) electrons. The first kappa shape index (κ1) is 11.4. The van der Waals surface area contributed by atoms with Crippen LogP contribution in [0, 0.1) is 0 Å². The lowest BCUT2D eigenvalue weighted by atomic mass is 10.1. The summed E-state index contributed by atoms with van der Waals surface area (Å²) in [5.74, 6) is -0.770. The number of esters is 2. The molecule has 0 N–H and O–H groups in total. The molecule has 0 bridgehead atoms. The molecule has 1 aliphatic heterocycles. The van der Waals surface area contributed by atoms with Gasteiger partial charge >= 0.3 is 11.9 Å². The Hall–Kier alpha value is -2.10. The molecule has 1 aromatic rings. The van der Waals surface area contributed by atoms with Crippen molar-refractivity contribution < 1.29 is 19.1 Å². The summed E-state index contributed by atoms with van der Waals surface area (Å²) in [7, 11) is 0. The van der Waals surface area contributed by atoms with Crippen molar-refractivity contribution in [3.05, 3.63) is 42.0 Å². The van der Waals surface area contributed by atoms with E-state index in [4.69, 9.17) is 9.47 Å². The number of hydrogen-bond acceptors (Lipinski definition) is 4. The number of hydrogen-bond donors (Lipinski definition) is 0. The minimum Gasteiger partial charge on any atom is -0.462 e. The third-order valence-corrected chi connectivity index (χ3v) is 2.48. The minimum atomic E-state index is -0.464. The van der Waals surface area contributed by atoms with Crippen LogP contribution >= 0.6 is 0 Å². The van der Waals surface area contributed by atoms with E-state index in [-0.39, 0.29) is 19.0 Å². The summed E-state index contributed by atoms with van der Waals surface area (Å²) in [5, 5.41) is 0. The predicted octanol–water partition coefficient (Wildman–Crippen LogP) is 1.80. The van der Waals surface area contributed by atoms with Gasteiger partial charge in [0, 0.05) is 0 Å². The second-order valence-electron chi connectivity index (χ2n) is 3.74. The van der Waals surface area contributed by atoms with Crippen LogP contribution in [0.15, 0.2) is 30.8 Å². The van der Waals surface area contributed by atoms with Crippen LogP contribution in [-0.2, 0) is 14.3 Å². The van der Waals surface area contributed by atoms with E-state index in [1.165, 1.54) is 0 Å². The normalized spacial score (nSPS) is 18.6. The van der Waals surface area contributed by atoms with Crippen molar-refractivity contribution in [1.82, 2.24) is 0 Å². The zero-order valence-electron chi connectivity index (χ0n) is 9.22. The lowest BCUT2D eigenvalue weighted by molar-refractivity contribution is -0.137. The zero-order chi connectivity index (χ0) is 12.3. The number of ether oxygens (including phenoxy) is 2. The Morgan fingerprint density at radius 2 is 2.12 bits per heavy atom. The fourth-order valence-electron chi connectivity index (χ4n) is 1.54. The highest BCUT2D eigenvalue weighted by molar-refractivity contribution is 5.90. The monoisotopic (exact) mass is 232 g/mol. The van der Waals surface area contributed by atoms with Crippen LogP contribution in [-0.4, -0.2) is 24.6 Å². The van der Waals surface area contributed by atoms with Crippen LogP contribution in [0.5, 0.6) is 0 Å². The van der Waals surface area contributed by atoms with E-state index >= 15 is 0 Å². The van der Waals surface area contributed by atoms with E-state index in [0.717, 1.165) is 5.56 Å². The van der Waals surface area contributed by atoms with Crippen molar-refractivity contribution in [2.75, 3.05) is 6.61 Å². The van der Waals surface area contributed by atoms with Gasteiger partial charge < -0.3 is 9.47 Å². The molecule has 0 amide bonds. The molecule has 88 valence electrons. The average Bonchev–Trinajstić information content (AvgIpc) is 2.75. The van der Waals surface area contributed by atoms with Gasteiger partial charge in [0.05, 0.1) is 12.0 Å². The lowest BCUT2D eigenvalue weighted by Gasteiger charge is -2.08. The maximum absolute atomic E-state index is 11.7. The van der Waals surface area contributed by atoms with Gasteiger partial charge in [-0.05, 0) is 17.7 Å². The van der Waals surface area contributed by atoms with Crippen molar-refractivity contribution in [2.24, 2.45) is 0 Å². The summed E-state index contributed by atoms with van der Waals surface area (Å²) in [6.07, 6.45) is 1.36. The highest BCUT2D eigenvalue weighted by Crippen LogP contribution is 2.13. The SMILES string of the molecule is C=Cc1ccc(C(=O)OC2COC(=O)C2)cc1. The van der Waals surface area contributed by atoms with Crippen molar-refractivity contribution in [1.29, 1.82) is 0 Å². The number of carbonyl (C=O) groups is 2. The van der Waals surface area contributed by atoms with Gasteiger partial charge in [-0.2, -0.15) is 0 Å². The Balaban J connectivity index is 1.99. The fourth-order valence-corrected chi connectivity index (χ4v) is 1.54. The topological polar surface area (TPSA) is 52.6 Å². The molecule has 0 aromatic heterocycles. The molecule has 1 aromatic carbocycles. The zero-order valence-corrected chi connectivity index (χ0v) is 9.22. The number of rotatable bonds is 3. The van der Waals surface area contributed by atoms with Gasteiger partial charge in [0.1, 0.15) is 12.7 Å². The molecule has 4 nitrogen and oxygen atoms in total. The molecular formula is C13H12O4. The summed E-state index contributed by atoms with van der Waals surface area (Å²) in [4.78, 5) is 22.5. The molecule has 1 saturated heterocycles. The maximum Gasteiger partial charge on any atom is 0.338 e. The smallest absolute Gasteiger partial charge is 0.338 e. The molecule has 0 saturated carbocycles. The fraction of sp³-hybridized carbons (Fsp3) is 0.231. The molecule has 1 fully saturated rings. The molecule has 4 heteroatoms. The number of benzene rings is 1. The summed E-state index contributed by atoms with van der Waals surface area (Å²) >= 11 is 0. The number of cyclic esters (lactones) is 1. The second kappa shape index (κ2) is 4.82. The van der Waals surface area contributed by atoms with Gasteiger partial charge in [-0.1, -0.05) is 24.8 Å². The van der Waals surface area contributed by atoms with Gasteiger partial charge in [-0.15, -0.1) is 0 Å². The Kier molecular flexibility index (Phi) is 3.23. The van der Waals surface area contributed by atoms with Crippen molar-refractivity contribution in [2.45, 2.75) is 12.5 Å². The van der Waals surface area contributed by atoms with Crippen LogP contribution in [0.25, 0.3) is 6.08 Å². The van der Waals surface area contributed by atoms with Crippen LogP contribution in [0.1, 0.15) is 22.3 Å². The standard InChI is InChI=1S/C13H12O4/c1-2-9-3-5-10(6-4-9)13(15)17-11-7-12(14)16-8-11/h2-6,11H,1,7-8H2. The molecule has 1 heterocycles. The van der Waals surface area contributed by atoms with Gasteiger partial charge in [0.2, 0.25) is 0 Å². The van der Waals surface area contributed by atoms with Gasteiger partial charge in [-0.25, -0.2) is 4.79 Å². The first-order valence-corrected chi connectivity index (χ1v) is 5.28. The Morgan fingerprint density at radius 3 is 2.65 bits per heavy atom. The van der Waals surface area contributed by atoms with Crippen LogP contribution < -0.4 is 0 Å². The lowest BCUT2D eigenvalue weighted by Crippen LogP contribution is -2.18. The van der Waals surface area contributed by atoms with E-state index in [0.29, 0.717) is 5.56 Å². The molecule has 0 aliphatic carbocycles. The van der Waals surface area contributed by atoms with Crippen molar-refractivity contribution in [3.8, 4) is 0 Å². The van der Waals surface area contributed by atoms with Crippen molar-refractivity contribution in [3.63, 3.8) is 0 Å². The number of carbonyl (C=O) groups excluding carboxylic acids is 2. The second-order valence-corrected chi connectivity index (χ2v) is 3.74. The minimum absolute atomic E-state index is 0.135. The van der Waals surface area contributed by atoms with Gasteiger partial charge in [0.25, 0.3) is 0 Å². The molecule has 1 aliphatic rings. The van der Waals surface area contributed by atoms with E-state index in [1.807, 2.05) is 0 Å². The summed E-state index contributed by atoms with van der Waals surface area (Å²) in [5.41, 5.74) is 1.39. The highest BCUT2D eigenvalue weighted by atomic mass is 16.6. The van der Waals surface area contributed by atoms with Crippen LogP contribution in [0.2, 0.25) is 0 Å². The van der Waals surface area contributed by atoms with Gasteiger partial charge in [0.15, 0.2) is 0 Å². The summed E-state index contributed by atoms with van der Waals surface area (Å²) in [6.45, 7) is 3.77. The van der Waals surface area contributed by atoms with E-state index < -0.39 is 12.1 Å². The molecular weight excluding hydrogens is 220 g/mol. The Bertz CT molecular complexity index is 447. The molecule has 17 heavy (non-hydrogen) atoms. The highest BCUT2D eigenvalue weighted by Gasteiger charge is 2.27. The third kappa shape index (κ3) is 2.72. The largest absolute Gasteiger partial charge is 0.462 e. The van der Waals surface area contributed by atoms with E-state index in [2.05, 4.69) is 6.58 Å².